The molecule has 0 aromatic carbocycles. The summed E-state index contributed by atoms with van der Waals surface area (Å²) in [5, 5.41) is 0. The Morgan fingerprint density at radius 3 is 2.54 bits per heavy atom. The lowest BCUT2D eigenvalue weighted by atomic mass is 10.1. The summed E-state index contributed by atoms with van der Waals surface area (Å²) < 4.78 is 9.47. The zero-order chi connectivity index (χ0) is 10.3. The summed E-state index contributed by atoms with van der Waals surface area (Å²) in [6, 6.07) is 0. The van der Waals surface area contributed by atoms with E-state index < -0.39 is 11.7 Å². The molecule has 3 nitrogen and oxygen atoms in total. The van der Waals surface area contributed by atoms with E-state index in [9.17, 15) is 4.79 Å². The van der Waals surface area contributed by atoms with E-state index in [1.54, 1.807) is 0 Å². The predicted molar refractivity (Wildman–Crippen MR) is 51.8 cm³/mol. The van der Waals surface area contributed by atoms with Crippen LogP contribution < -0.4 is 0 Å². The Morgan fingerprint density at radius 1 is 1.46 bits per heavy atom. The molecule has 78 valence electrons. The fourth-order valence-electron chi connectivity index (χ4n) is 0.600. The number of hydrogen-bond acceptors (Lipinski definition) is 3. The van der Waals surface area contributed by atoms with Gasteiger partial charge in [-0.25, -0.2) is 4.79 Å². The van der Waals surface area contributed by atoms with Gasteiger partial charge in [0.05, 0.1) is 6.61 Å². The van der Waals surface area contributed by atoms with Crippen LogP contribution in [0, 0.1) is 5.92 Å². The molecule has 0 amide bonds. The van der Waals surface area contributed by atoms with Crippen LogP contribution in [0.2, 0.25) is 0 Å². The average molecular weight is 209 g/mol. The predicted octanol–water partition coefficient (Wildman–Crippen LogP) is 3.16. The highest BCUT2D eigenvalue weighted by Gasteiger charge is 2.09. The van der Waals surface area contributed by atoms with E-state index in [4.69, 9.17) is 16.3 Å². The van der Waals surface area contributed by atoms with E-state index in [2.05, 4.69) is 18.6 Å². The lowest BCUT2D eigenvalue weighted by Gasteiger charge is -2.09. The van der Waals surface area contributed by atoms with Crippen molar-refractivity contribution in [1.29, 1.82) is 0 Å². The van der Waals surface area contributed by atoms with Crippen LogP contribution in [0.5, 0.6) is 0 Å². The SMILES string of the molecule is CCC(Cl)OC(=O)OCCC(C)C. The Kier molecular flexibility index (Phi) is 6.77. The van der Waals surface area contributed by atoms with Gasteiger partial charge < -0.3 is 9.47 Å². The molecule has 4 heteroatoms. The lowest BCUT2D eigenvalue weighted by Crippen LogP contribution is -2.14. The zero-order valence-electron chi connectivity index (χ0n) is 8.38. The molecule has 0 aliphatic heterocycles. The van der Waals surface area contributed by atoms with Gasteiger partial charge >= 0.3 is 6.16 Å². The average Bonchev–Trinajstić information content (AvgIpc) is 2.03. The van der Waals surface area contributed by atoms with Gasteiger partial charge in [0.1, 0.15) is 0 Å². The maximum Gasteiger partial charge on any atom is 0.509 e. The fourth-order valence-corrected chi connectivity index (χ4v) is 0.672. The minimum absolute atomic E-state index is 0.393. The molecule has 0 bridgehead atoms. The number of hydrogen-bond donors (Lipinski definition) is 0. The van der Waals surface area contributed by atoms with Gasteiger partial charge in [0.2, 0.25) is 0 Å². The first kappa shape index (κ1) is 12.6. The van der Waals surface area contributed by atoms with Crippen LogP contribution in [0.3, 0.4) is 0 Å². The first-order valence-corrected chi connectivity index (χ1v) is 4.97. The van der Waals surface area contributed by atoms with Gasteiger partial charge in [0.15, 0.2) is 5.56 Å². The molecule has 13 heavy (non-hydrogen) atoms. The van der Waals surface area contributed by atoms with Crippen molar-refractivity contribution in [2.24, 2.45) is 5.92 Å². The highest BCUT2D eigenvalue weighted by atomic mass is 35.5. The van der Waals surface area contributed by atoms with Crippen molar-refractivity contribution in [2.45, 2.75) is 39.2 Å². The van der Waals surface area contributed by atoms with Gasteiger partial charge in [-0.15, -0.1) is 0 Å². The quantitative estimate of drug-likeness (QED) is 0.514. The summed E-state index contributed by atoms with van der Waals surface area (Å²) >= 11 is 5.58. The molecule has 0 saturated carbocycles. The van der Waals surface area contributed by atoms with Crippen LogP contribution >= 0.6 is 11.6 Å². The number of alkyl halides is 1. The van der Waals surface area contributed by atoms with Crippen LogP contribution in [-0.4, -0.2) is 18.3 Å². The normalized spacial score (nSPS) is 12.7. The third-order valence-electron chi connectivity index (χ3n) is 1.46. The molecule has 0 fully saturated rings. The van der Waals surface area contributed by atoms with Gasteiger partial charge in [-0.3, -0.25) is 0 Å². The molecule has 0 aliphatic rings. The largest absolute Gasteiger partial charge is 0.509 e. The van der Waals surface area contributed by atoms with E-state index in [1.807, 2.05) is 6.92 Å². The molecule has 0 aliphatic carbocycles. The Hall–Kier alpha value is -0.440. The van der Waals surface area contributed by atoms with Crippen molar-refractivity contribution in [2.75, 3.05) is 6.61 Å². The summed E-state index contributed by atoms with van der Waals surface area (Å²) in [5.74, 6) is 0.519. The Morgan fingerprint density at radius 2 is 2.08 bits per heavy atom. The molecule has 0 radical (unpaired) electrons. The highest BCUT2D eigenvalue weighted by Crippen LogP contribution is 2.05. The van der Waals surface area contributed by atoms with E-state index in [0.717, 1.165) is 6.42 Å². The maximum atomic E-state index is 10.9. The molecule has 0 spiro atoms. The van der Waals surface area contributed by atoms with Crippen LogP contribution in [-0.2, 0) is 9.47 Å². The lowest BCUT2D eigenvalue weighted by molar-refractivity contribution is 0.0424. The number of halogens is 1. The second-order valence-corrected chi connectivity index (χ2v) is 3.70. The summed E-state index contributed by atoms with van der Waals surface area (Å²) in [6.07, 6.45) is 0.747. The Bertz CT molecular complexity index is 148. The molecular formula is C9H17ClO3. The summed E-state index contributed by atoms with van der Waals surface area (Å²) in [6.45, 7) is 6.35. The van der Waals surface area contributed by atoms with Crippen LogP contribution in [0.4, 0.5) is 4.79 Å². The van der Waals surface area contributed by atoms with E-state index in [0.29, 0.717) is 18.9 Å². The van der Waals surface area contributed by atoms with Crippen molar-refractivity contribution < 1.29 is 14.3 Å². The smallest absolute Gasteiger partial charge is 0.434 e. The highest BCUT2D eigenvalue weighted by molar-refractivity contribution is 6.20. The molecule has 0 aromatic heterocycles. The van der Waals surface area contributed by atoms with Gasteiger partial charge in [0, 0.05) is 0 Å². The van der Waals surface area contributed by atoms with Crippen LogP contribution in [0.15, 0.2) is 0 Å². The summed E-state index contributed by atoms with van der Waals surface area (Å²) in [7, 11) is 0. The molecule has 0 N–H and O–H groups in total. The van der Waals surface area contributed by atoms with Crippen LogP contribution in [0.25, 0.3) is 0 Å². The topological polar surface area (TPSA) is 35.5 Å². The monoisotopic (exact) mass is 208 g/mol. The van der Waals surface area contributed by atoms with E-state index >= 15 is 0 Å². The Labute approximate surface area is 84.4 Å². The van der Waals surface area contributed by atoms with Gasteiger partial charge in [0.25, 0.3) is 0 Å². The number of carbonyl (C=O) groups is 1. The van der Waals surface area contributed by atoms with Gasteiger partial charge in [-0.05, 0) is 18.8 Å². The summed E-state index contributed by atoms with van der Waals surface area (Å²) in [4.78, 5) is 10.9. The third kappa shape index (κ3) is 7.91. The van der Waals surface area contributed by atoms with Gasteiger partial charge in [-0.1, -0.05) is 32.4 Å². The number of ether oxygens (including phenoxy) is 2. The molecule has 0 rings (SSSR count). The first-order chi connectivity index (χ1) is 6.06. The van der Waals surface area contributed by atoms with E-state index in [-0.39, 0.29) is 0 Å². The third-order valence-corrected chi connectivity index (χ3v) is 1.86. The van der Waals surface area contributed by atoms with Crippen molar-refractivity contribution in [3.63, 3.8) is 0 Å². The standard InChI is InChI=1S/C9H17ClO3/c1-4-8(10)13-9(11)12-6-5-7(2)3/h7-8H,4-6H2,1-3H3. The van der Waals surface area contributed by atoms with Crippen molar-refractivity contribution in [1.82, 2.24) is 0 Å². The molecule has 0 aromatic rings. The van der Waals surface area contributed by atoms with Crippen molar-refractivity contribution >= 4 is 17.8 Å². The van der Waals surface area contributed by atoms with Crippen molar-refractivity contribution in [3.8, 4) is 0 Å². The fraction of sp³-hybridized carbons (Fsp3) is 0.889. The molecule has 1 atom stereocenters. The maximum absolute atomic E-state index is 10.9. The summed E-state index contributed by atoms with van der Waals surface area (Å²) in [5.41, 5.74) is -0.577. The van der Waals surface area contributed by atoms with Crippen LogP contribution in [0.1, 0.15) is 33.6 Å². The van der Waals surface area contributed by atoms with Gasteiger partial charge in [-0.2, -0.15) is 0 Å². The van der Waals surface area contributed by atoms with Crippen molar-refractivity contribution in [3.05, 3.63) is 0 Å². The molecule has 0 heterocycles. The molecule has 0 saturated heterocycles. The minimum atomic E-state index is -0.678. The second-order valence-electron chi connectivity index (χ2n) is 3.22. The number of carbonyl (C=O) groups excluding carboxylic acids is 1. The molecular weight excluding hydrogens is 192 g/mol. The zero-order valence-corrected chi connectivity index (χ0v) is 9.13. The second kappa shape index (κ2) is 7.01. The Balaban J connectivity index is 3.41. The molecule has 1 unspecified atom stereocenters. The minimum Gasteiger partial charge on any atom is -0.434 e. The van der Waals surface area contributed by atoms with E-state index in [1.165, 1.54) is 0 Å². The first-order valence-electron chi connectivity index (χ1n) is 4.53. The number of rotatable bonds is 5.